The van der Waals surface area contributed by atoms with Gasteiger partial charge in [0, 0.05) is 6.54 Å². The number of nitrogens with two attached hydrogens (primary N) is 1. The van der Waals surface area contributed by atoms with Crippen molar-refractivity contribution in [3.63, 3.8) is 0 Å². The first-order valence-electron chi connectivity index (χ1n) is 4.76. The van der Waals surface area contributed by atoms with Gasteiger partial charge in [-0.25, -0.2) is 0 Å². The van der Waals surface area contributed by atoms with Crippen molar-refractivity contribution in [3.05, 3.63) is 35.4 Å². The molecule has 0 aromatic heterocycles. The maximum Gasteiger partial charge on any atom is 0.0696 e. The molecular formula is C11H15NO. The molecular weight excluding hydrogens is 162 g/mol. The zero-order valence-corrected chi connectivity index (χ0v) is 7.61. The van der Waals surface area contributed by atoms with Crippen molar-refractivity contribution < 1.29 is 5.11 Å². The predicted octanol–water partition coefficient (Wildman–Crippen LogP) is 0.721. The number of hydrogen-bond acceptors (Lipinski definition) is 2. The Hall–Kier alpha value is -0.860. The first-order valence-corrected chi connectivity index (χ1v) is 4.76. The van der Waals surface area contributed by atoms with E-state index in [1.807, 2.05) is 0 Å². The van der Waals surface area contributed by atoms with Gasteiger partial charge in [0.1, 0.15) is 0 Å². The predicted molar refractivity (Wildman–Crippen MR) is 52.4 cm³/mol. The van der Waals surface area contributed by atoms with Crippen LogP contribution in [0.2, 0.25) is 0 Å². The van der Waals surface area contributed by atoms with Crippen molar-refractivity contribution in [2.45, 2.75) is 18.9 Å². The number of benzene rings is 1. The van der Waals surface area contributed by atoms with E-state index in [1.165, 1.54) is 11.1 Å². The molecule has 0 saturated carbocycles. The van der Waals surface area contributed by atoms with Crippen molar-refractivity contribution in [1.82, 2.24) is 0 Å². The van der Waals surface area contributed by atoms with Crippen LogP contribution in [0.4, 0.5) is 0 Å². The lowest BCUT2D eigenvalue weighted by Crippen LogP contribution is -2.29. The van der Waals surface area contributed by atoms with Crippen LogP contribution in [0.15, 0.2) is 24.3 Å². The van der Waals surface area contributed by atoms with Crippen LogP contribution in [-0.2, 0) is 12.8 Å². The van der Waals surface area contributed by atoms with Crippen LogP contribution in [0.3, 0.4) is 0 Å². The third-order valence-corrected chi connectivity index (χ3v) is 2.87. The first-order chi connectivity index (χ1) is 6.31. The molecule has 1 aromatic rings. The Morgan fingerprint density at radius 1 is 1.31 bits per heavy atom. The molecule has 1 aliphatic carbocycles. The molecule has 1 atom stereocenters. The Labute approximate surface area is 78.4 Å². The molecule has 2 rings (SSSR count). The summed E-state index contributed by atoms with van der Waals surface area (Å²) in [6.07, 6.45) is 1.62. The lowest BCUT2D eigenvalue weighted by atomic mass is 9.99. The van der Waals surface area contributed by atoms with Crippen molar-refractivity contribution in [1.29, 1.82) is 0 Å². The van der Waals surface area contributed by atoms with Gasteiger partial charge in [-0.3, -0.25) is 0 Å². The second-order valence-electron chi connectivity index (χ2n) is 3.74. The minimum absolute atomic E-state index is 0.336. The fourth-order valence-corrected chi connectivity index (χ4v) is 2.06. The normalized spacial score (nSPS) is 18.6. The summed E-state index contributed by atoms with van der Waals surface area (Å²) in [4.78, 5) is 0. The van der Waals surface area contributed by atoms with Gasteiger partial charge in [0.2, 0.25) is 0 Å². The van der Waals surface area contributed by atoms with Gasteiger partial charge in [-0.05, 0) is 29.9 Å². The molecule has 0 spiro atoms. The summed E-state index contributed by atoms with van der Waals surface area (Å²) in [6.45, 7) is 0.374. The first kappa shape index (κ1) is 8.73. The molecule has 0 unspecified atom stereocenters. The highest BCUT2D eigenvalue weighted by atomic mass is 16.3. The average Bonchev–Trinajstić information content (AvgIpc) is 2.59. The minimum atomic E-state index is -0.340. The van der Waals surface area contributed by atoms with Crippen LogP contribution in [0.5, 0.6) is 0 Å². The quantitative estimate of drug-likeness (QED) is 0.699. The largest absolute Gasteiger partial charge is 0.391 e. The highest BCUT2D eigenvalue weighted by Crippen LogP contribution is 2.28. The van der Waals surface area contributed by atoms with Gasteiger partial charge in [0.25, 0.3) is 0 Å². The molecule has 13 heavy (non-hydrogen) atoms. The zero-order valence-electron chi connectivity index (χ0n) is 7.61. The summed E-state index contributed by atoms with van der Waals surface area (Å²) in [7, 11) is 0. The molecule has 0 heterocycles. The van der Waals surface area contributed by atoms with E-state index in [9.17, 15) is 5.11 Å². The molecule has 1 aromatic carbocycles. The van der Waals surface area contributed by atoms with Gasteiger partial charge in [0.15, 0.2) is 0 Å². The summed E-state index contributed by atoms with van der Waals surface area (Å²) >= 11 is 0. The maximum absolute atomic E-state index is 9.60. The fourth-order valence-electron chi connectivity index (χ4n) is 2.06. The van der Waals surface area contributed by atoms with Gasteiger partial charge in [-0.15, -0.1) is 0 Å². The molecule has 0 saturated heterocycles. The second kappa shape index (κ2) is 3.48. The lowest BCUT2D eigenvalue weighted by molar-refractivity contribution is 0.120. The van der Waals surface area contributed by atoms with Crippen LogP contribution >= 0.6 is 0 Å². The molecule has 2 heteroatoms. The average molecular weight is 177 g/mol. The van der Waals surface area contributed by atoms with E-state index in [0.717, 1.165) is 12.8 Å². The Morgan fingerprint density at radius 3 is 2.31 bits per heavy atom. The van der Waals surface area contributed by atoms with Gasteiger partial charge >= 0.3 is 0 Å². The fraction of sp³-hybridized carbons (Fsp3) is 0.455. The minimum Gasteiger partial charge on any atom is -0.391 e. The molecule has 3 N–H and O–H groups in total. The molecule has 0 bridgehead atoms. The van der Waals surface area contributed by atoms with E-state index in [1.54, 1.807) is 0 Å². The molecule has 70 valence electrons. The summed E-state index contributed by atoms with van der Waals surface area (Å²) in [5.74, 6) is 0.336. The Morgan fingerprint density at radius 2 is 1.85 bits per heavy atom. The lowest BCUT2D eigenvalue weighted by Gasteiger charge is -2.14. The summed E-state index contributed by atoms with van der Waals surface area (Å²) in [5.41, 5.74) is 8.19. The van der Waals surface area contributed by atoms with E-state index in [4.69, 9.17) is 5.73 Å². The molecule has 1 aliphatic rings. The summed E-state index contributed by atoms with van der Waals surface area (Å²) < 4.78 is 0. The second-order valence-corrected chi connectivity index (χ2v) is 3.74. The highest BCUT2D eigenvalue weighted by molar-refractivity contribution is 5.32. The van der Waals surface area contributed by atoms with Crippen molar-refractivity contribution in [2.24, 2.45) is 11.7 Å². The molecule has 0 radical (unpaired) electrons. The van der Waals surface area contributed by atoms with Crippen molar-refractivity contribution in [2.75, 3.05) is 6.54 Å². The molecule has 0 fully saturated rings. The molecule has 2 nitrogen and oxygen atoms in total. The van der Waals surface area contributed by atoms with Crippen LogP contribution in [-0.4, -0.2) is 17.8 Å². The van der Waals surface area contributed by atoms with Crippen molar-refractivity contribution >= 4 is 0 Å². The number of hydrogen-bond donors (Lipinski definition) is 2. The van der Waals surface area contributed by atoms with E-state index in [-0.39, 0.29) is 6.10 Å². The van der Waals surface area contributed by atoms with Crippen molar-refractivity contribution in [3.8, 4) is 0 Å². The van der Waals surface area contributed by atoms with Gasteiger partial charge < -0.3 is 10.8 Å². The number of rotatable bonds is 2. The summed E-state index contributed by atoms with van der Waals surface area (Å²) in [6, 6.07) is 8.38. The van der Waals surface area contributed by atoms with E-state index in [0.29, 0.717) is 12.5 Å². The summed E-state index contributed by atoms with van der Waals surface area (Å²) in [5, 5.41) is 9.60. The standard InChI is InChI=1S/C11H15NO/c12-7-11(13)10-5-8-3-1-2-4-9(8)6-10/h1-4,10-11,13H,5-7,12H2/t11-/m1/s1. The van der Waals surface area contributed by atoms with E-state index < -0.39 is 0 Å². The zero-order chi connectivity index (χ0) is 9.26. The SMILES string of the molecule is NC[C@@H](O)C1Cc2ccccc2C1. The van der Waals surface area contributed by atoms with E-state index in [2.05, 4.69) is 24.3 Å². The van der Waals surface area contributed by atoms with Crippen LogP contribution in [0.25, 0.3) is 0 Å². The topological polar surface area (TPSA) is 46.2 Å². The number of fused-ring (bicyclic) bond motifs is 1. The molecule has 0 amide bonds. The Balaban J connectivity index is 2.14. The third-order valence-electron chi connectivity index (χ3n) is 2.87. The highest BCUT2D eigenvalue weighted by Gasteiger charge is 2.25. The maximum atomic E-state index is 9.60. The number of aliphatic hydroxyl groups is 1. The van der Waals surface area contributed by atoms with Crippen LogP contribution in [0, 0.1) is 5.92 Å². The number of aliphatic hydroxyl groups excluding tert-OH is 1. The molecule has 0 aliphatic heterocycles. The smallest absolute Gasteiger partial charge is 0.0696 e. The Bertz CT molecular complexity index is 273. The Kier molecular flexibility index (Phi) is 2.34. The van der Waals surface area contributed by atoms with E-state index >= 15 is 0 Å². The van der Waals surface area contributed by atoms with Crippen LogP contribution in [0.1, 0.15) is 11.1 Å². The third kappa shape index (κ3) is 1.60. The van der Waals surface area contributed by atoms with Gasteiger partial charge in [-0.2, -0.15) is 0 Å². The van der Waals surface area contributed by atoms with Crippen LogP contribution < -0.4 is 5.73 Å². The van der Waals surface area contributed by atoms with Gasteiger partial charge in [-0.1, -0.05) is 24.3 Å². The van der Waals surface area contributed by atoms with Gasteiger partial charge in [0.05, 0.1) is 6.10 Å². The monoisotopic (exact) mass is 177 g/mol.